The van der Waals surface area contributed by atoms with Gasteiger partial charge in [-0.15, -0.1) is 5.10 Å². The van der Waals surface area contributed by atoms with Gasteiger partial charge in [0.15, 0.2) is 0 Å². The molecule has 1 aromatic heterocycles. The third-order valence-corrected chi connectivity index (χ3v) is 7.06. The monoisotopic (exact) mass is 448 g/mol. The van der Waals surface area contributed by atoms with Crippen LogP contribution in [0.1, 0.15) is 36.2 Å². The molecule has 2 fully saturated rings. The van der Waals surface area contributed by atoms with Crippen molar-refractivity contribution in [3.63, 3.8) is 0 Å². The minimum Gasteiger partial charge on any atom is -0.490 e. The molecule has 3 heterocycles. The van der Waals surface area contributed by atoms with E-state index in [0.29, 0.717) is 12.1 Å². The summed E-state index contributed by atoms with van der Waals surface area (Å²) in [5, 5.41) is 10.8. The maximum Gasteiger partial charge on any atom is 0.269 e. The van der Waals surface area contributed by atoms with Gasteiger partial charge in [0.1, 0.15) is 18.1 Å². The number of nitrogens with zero attached hydrogens (tertiary/aromatic N) is 8. The normalized spacial score (nSPS) is 23.3. The van der Waals surface area contributed by atoms with Crippen LogP contribution < -0.4 is 14.5 Å². The highest BCUT2D eigenvalue weighted by Crippen LogP contribution is 2.37. The number of anilines is 2. The molecule has 3 aliphatic rings. The largest absolute Gasteiger partial charge is 0.490 e. The van der Waals surface area contributed by atoms with E-state index in [4.69, 9.17) is 10.3 Å². The maximum atomic E-state index is 11.8. The standard InChI is InChI=1S/C23H28N8O2/c24-28-27-23(32)20-15-19(16-25-26-20)30-11-9-29(10-12-30)17-5-7-18(8-6-17)31-13-14-33-22-4-2-1-3-21(22)31/h1-4,15-18H,5-14H2. The molecule has 1 amide bonds. The highest BCUT2D eigenvalue weighted by Gasteiger charge is 2.32. The molecule has 0 N–H and O–H groups in total. The van der Waals surface area contributed by atoms with E-state index in [9.17, 15) is 4.79 Å². The Hall–Kier alpha value is -3.36. The Labute approximate surface area is 192 Å². The minimum atomic E-state index is -0.704. The molecule has 0 atom stereocenters. The van der Waals surface area contributed by atoms with E-state index in [-0.39, 0.29) is 5.69 Å². The number of fused-ring (bicyclic) bond motifs is 1. The predicted octanol–water partition coefficient (Wildman–Crippen LogP) is 3.26. The van der Waals surface area contributed by atoms with Crippen molar-refractivity contribution in [1.82, 2.24) is 15.1 Å². The lowest BCUT2D eigenvalue weighted by atomic mass is 9.88. The number of benzene rings is 1. The summed E-state index contributed by atoms with van der Waals surface area (Å²) in [6.07, 6.45) is 6.50. The van der Waals surface area contributed by atoms with Crippen LogP contribution >= 0.6 is 0 Å². The van der Waals surface area contributed by atoms with Crippen LogP contribution in [0.5, 0.6) is 5.75 Å². The number of piperazine rings is 1. The van der Waals surface area contributed by atoms with Crippen molar-refractivity contribution < 1.29 is 9.53 Å². The summed E-state index contributed by atoms with van der Waals surface area (Å²) in [5.74, 6) is 0.307. The third-order valence-electron chi connectivity index (χ3n) is 7.06. The van der Waals surface area contributed by atoms with Crippen LogP contribution in [0, 0.1) is 0 Å². The number of rotatable bonds is 4. The Bertz CT molecular complexity index is 1040. The van der Waals surface area contributed by atoms with E-state index >= 15 is 0 Å². The lowest BCUT2D eigenvalue weighted by molar-refractivity contribution is 0.0994. The molecule has 0 spiro atoms. The first kappa shape index (κ1) is 21.5. The zero-order chi connectivity index (χ0) is 22.6. The highest BCUT2D eigenvalue weighted by atomic mass is 16.5. The summed E-state index contributed by atoms with van der Waals surface area (Å²) < 4.78 is 5.84. The number of para-hydroxylation sites is 2. The van der Waals surface area contributed by atoms with Crippen molar-refractivity contribution in [1.29, 1.82) is 0 Å². The topological polar surface area (TPSA) is 111 Å². The molecule has 1 aromatic carbocycles. The van der Waals surface area contributed by atoms with Gasteiger partial charge in [-0.1, -0.05) is 12.1 Å². The second kappa shape index (κ2) is 9.64. The van der Waals surface area contributed by atoms with Crippen molar-refractivity contribution in [3.8, 4) is 5.75 Å². The molecule has 1 saturated carbocycles. The van der Waals surface area contributed by atoms with E-state index in [0.717, 1.165) is 50.8 Å². The molecule has 1 saturated heterocycles. The van der Waals surface area contributed by atoms with Gasteiger partial charge in [0.25, 0.3) is 5.91 Å². The Balaban J connectivity index is 1.15. The van der Waals surface area contributed by atoms with E-state index in [2.05, 4.69) is 53.1 Å². The van der Waals surface area contributed by atoms with Crippen LogP contribution in [-0.4, -0.2) is 72.4 Å². The van der Waals surface area contributed by atoms with E-state index in [1.54, 1.807) is 12.3 Å². The van der Waals surface area contributed by atoms with Gasteiger partial charge >= 0.3 is 0 Å². The fraction of sp³-hybridized carbons (Fsp3) is 0.522. The molecule has 1 aliphatic carbocycles. The minimum absolute atomic E-state index is 0.0794. The van der Waals surface area contributed by atoms with Crippen LogP contribution in [0.4, 0.5) is 11.4 Å². The summed E-state index contributed by atoms with van der Waals surface area (Å²) in [4.78, 5) is 21.7. The lowest BCUT2D eigenvalue weighted by Crippen LogP contribution is -2.53. The van der Waals surface area contributed by atoms with Gasteiger partial charge < -0.3 is 14.5 Å². The smallest absolute Gasteiger partial charge is 0.269 e. The molecule has 5 rings (SSSR count). The second-order valence-corrected chi connectivity index (χ2v) is 8.79. The van der Waals surface area contributed by atoms with Gasteiger partial charge in [-0.3, -0.25) is 9.69 Å². The van der Waals surface area contributed by atoms with Crippen molar-refractivity contribution >= 4 is 17.3 Å². The molecular formula is C23H28N8O2. The number of amides is 1. The summed E-state index contributed by atoms with van der Waals surface area (Å²) in [7, 11) is 0. The average molecular weight is 449 g/mol. The number of hydrogen-bond acceptors (Lipinski definition) is 7. The molecule has 2 aliphatic heterocycles. The number of aromatic nitrogens is 2. The van der Waals surface area contributed by atoms with Gasteiger partial charge in [-0.2, -0.15) is 5.10 Å². The van der Waals surface area contributed by atoms with Crippen LogP contribution in [-0.2, 0) is 0 Å². The fourth-order valence-electron chi connectivity index (χ4n) is 5.38. The van der Waals surface area contributed by atoms with Gasteiger partial charge in [-0.25, -0.2) is 0 Å². The quantitative estimate of drug-likeness (QED) is 0.401. The molecule has 0 bridgehead atoms. The Kier molecular flexibility index (Phi) is 6.28. The fourth-order valence-corrected chi connectivity index (χ4v) is 5.38. The average Bonchev–Trinajstić information content (AvgIpc) is 2.89. The molecule has 10 nitrogen and oxygen atoms in total. The summed E-state index contributed by atoms with van der Waals surface area (Å²) in [6.45, 7) is 5.44. The van der Waals surface area contributed by atoms with E-state index in [1.165, 1.54) is 31.4 Å². The van der Waals surface area contributed by atoms with Crippen molar-refractivity contribution in [2.75, 3.05) is 49.1 Å². The van der Waals surface area contributed by atoms with Crippen LogP contribution in [0.2, 0.25) is 0 Å². The number of ether oxygens (including phenoxy) is 1. The molecule has 10 heteroatoms. The molecular weight excluding hydrogens is 420 g/mol. The molecule has 172 valence electrons. The zero-order valence-electron chi connectivity index (χ0n) is 18.6. The Morgan fingerprint density at radius 3 is 2.61 bits per heavy atom. The van der Waals surface area contributed by atoms with Crippen molar-refractivity contribution in [2.24, 2.45) is 5.11 Å². The van der Waals surface area contributed by atoms with Crippen molar-refractivity contribution in [2.45, 2.75) is 37.8 Å². The zero-order valence-corrected chi connectivity index (χ0v) is 18.6. The Morgan fingerprint density at radius 1 is 1.06 bits per heavy atom. The first-order chi connectivity index (χ1) is 16.2. The number of carbonyl (C=O) groups is 1. The van der Waals surface area contributed by atoms with Gasteiger partial charge in [0, 0.05) is 43.2 Å². The summed E-state index contributed by atoms with van der Waals surface area (Å²) in [6, 6.07) is 11.3. The molecule has 2 aromatic rings. The van der Waals surface area contributed by atoms with E-state index < -0.39 is 5.91 Å². The van der Waals surface area contributed by atoms with Crippen LogP contribution in [0.25, 0.3) is 10.4 Å². The first-order valence-corrected chi connectivity index (χ1v) is 11.6. The summed E-state index contributed by atoms with van der Waals surface area (Å²) >= 11 is 0. The first-order valence-electron chi connectivity index (χ1n) is 11.6. The number of hydrogen-bond donors (Lipinski definition) is 0. The second-order valence-electron chi connectivity index (χ2n) is 8.79. The Morgan fingerprint density at radius 2 is 1.82 bits per heavy atom. The molecule has 33 heavy (non-hydrogen) atoms. The number of carbonyl (C=O) groups excluding carboxylic acids is 1. The van der Waals surface area contributed by atoms with Gasteiger partial charge in [0.05, 0.1) is 24.1 Å². The number of azide groups is 1. The maximum absolute atomic E-state index is 11.8. The van der Waals surface area contributed by atoms with Crippen LogP contribution in [0.15, 0.2) is 41.6 Å². The van der Waals surface area contributed by atoms with E-state index in [1.807, 2.05) is 6.07 Å². The lowest BCUT2D eigenvalue weighted by Gasteiger charge is -2.45. The predicted molar refractivity (Wildman–Crippen MR) is 125 cm³/mol. The SMILES string of the molecule is [N-]=[N+]=NC(=O)c1cc(N2CCN(C3CCC(N4CCOc5ccccc54)CC3)CC2)cnn1. The molecule has 0 unspecified atom stereocenters. The van der Waals surface area contributed by atoms with Gasteiger partial charge in [-0.05, 0) is 54.5 Å². The highest BCUT2D eigenvalue weighted by molar-refractivity contribution is 5.93. The third kappa shape index (κ3) is 4.58. The van der Waals surface area contributed by atoms with Crippen molar-refractivity contribution in [3.05, 3.63) is 52.7 Å². The summed E-state index contributed by atoms with van der Waals surface area (Å²) in [5.41, 5.74) is 10.6. The van der Waals surface area contributed by atoms with Crippen LogP contribution in [0.3, 0.4) is 0 Å². The van der Waals surface area contributed by atoms with Gasteiger partial charge in [0.2, 0.25) is 0 Å². The molecule has 0 radical (unpaired) electrons.